The summed E-state index contributed by atoms with van der Waals surface area (Å²) in [6.45, 7) is 0. The number of hydrogen-bond acceptors (Lipinski definition) is 5. The van der Waals surface area contributed by atoms with Crippen LogP contribution in [0.15, 0.2) is 24.7 Å². The lowest BCUT2D eigenvalue weighted by Crippen LogP contribution is -2.01. The Balaban J connectivity index is 2.25. The highest BCUT2D eigenvalue weighted by atomic mass is 16.5. The van der Waals surface area contributed by atoms with E-state index < -0.39 is 5.97 Å². The minimum atomic E-state index is -0.439. The Bertz CT molecular complexity index is 637. The Morgan fingerprint density at radius 3 is 2.83 bits per heavy atom. The number of ether oxygens (including phenoxy) is 1. The predicted octanol–water partition coefficient (Wildman–Crippen LogP) is 0.396. The fraction of sp³-hybridized carbons (Fsp3) is 0.167. The Hall–Kier alpha value is -2.68. The maximum atomic E-state index is 11.3. The number of rotatable bonds is 1. The topological polar surface area (TPSA) is 69.9 Å². The van der Waals surface area contributed by atoms with Crippen LogP contribution >= 0.6 is 0 Å². The van der Waals surface area contributed by atoms with Gasteiger partial charge < -0.3 is 4.74 Å². The largest absolute Gasteiger partial charge is 0.465 e. The van der Waals surface area contributed by atoms with Crippen molar-refractivity contribution in [2.45, 2.75) is 0 Å². The fourth-order valence-electron chi connectivity index (χ4n) is 1.28. The molecule has 0 amide bonds. The van der Waals surface area contributed by atoms with Crippen molar-refractivity contribution in [3.05, 3.63) is 41.5 Å². The zero-order valence-corrected chi connectivity index (χ0v) is 9.91. The maximum Gasteiger partial charge on any atom is 0.339 e. The molecule has 0 fully saturated rings. The van der Waals surface area contributed by atoms with Crippen LogP contribution in [0.3, 0.4) is 0 Å². The van der Waals surface area contributed by atoms with Crippen molar-refractivity contribution in [3.63, 3.8) is 0 Å². The van der Waals surface area contributed by atoms with E-state index in [1.807, 2.05) is 0 Å². The van der Waals surface area contributed by atoms with Crippen molar-refractivity contribution in [1.82, 2.24) is 20.0 Å². The first-order chi connectivity index (χ1) is 8.69. The summed E-state index contributed by atoms with van der Waals surface area (Å²) in [5.41, 5.74) is 1.54. The smallest absolute Gasteiger partial charge is 0.339 e. The van der Waals surface area contributed by atoms with Crippen LogP contribution in [-0.4, -0.2) is 33.1 Å². The average molecular weight is 242 g/mol. The van der Waals surface area contributed by atoms with Crippen LogP contribution in [-0.2, 0) is 11.8 Å². The van der Waals surface area contributed by atoms with E-state index in [9.17, 15) is 4.79 Å². The number of carbonyl (C=O) groups is 1. The summed E-state index contributed by atoms with van der Waals surface area (Å²) in [6, 6.07) is 1.61. The SMILES string of the molecule is COC(=O)c1cncc(C#Cc2cnn(C)n2)c1. The molecule has 18 heavy (non-hydrogen) atoms. The third kappa shape index (κ3) is 2.71. The number of hydrogen-bond donors (Lipinski definition) is 0. The number of methoxy groups -OCH3 is 1. The fourth-order valence-corrected chi connectivity index (χ4v) is 1.28. The lowest BCUT2D eigenvalue weighted by Gasteiger charge is -1.97. The summed E-state index contributed by atoms with van der Waals surface area (Å²) in [5.74, 6) is 5.25. The number of pyridine rings is 1. The minimum absolute atomic E-state index is 0.364. The van der Waals surface area contributed by atoms with Crippen molar-refractivity contribution >= 4 is 5.97 Å². The minimum Gasteiger partial charge on any atom is -0.465 e. The van der Waals surface area contributed by atoms with E-state index in [1.165, 1.54) is 18.1 Å². The van der Waals surface area contributed by atoms with Gasteiger partial charge in [-0.3, -0.25) is 4.98 Å². The highest BCUT2D eigenvalue weighted by Gasteiger charge is 2.05. The Labute approximate surface area is 104 Å². The molecule has 2 rings (SSSR count). The first-order valence-electron chi connectivity index (χ1n) is 5.11. The maximum absolute atomic E-state index is 11.3. The normalized spacial score (nSPS) is 9.44. The summed E-state index contributed by atoms with van der Waals surface area (Å²) < 4.78 is 4.60. The third-order valence-corrected chi connectivity index (χ3v) is 2.09. The van der Waals surface area contributed by atoms with Gasteiger partial charge in [-0.05, 0) is 12.0 Å². The molecule has 0 spiro atoms. The van der Waals surface area contributed by atoms with Gasteiger partial charge in [0.2, 0.25) is 0 Å². The number of nitrogens with zero attached hydrogens (tertiary/aromatic N) is 4. The Morgan fingerprint density at radius 1 is 1.33 bits per heavy atom. The highest BCUT2D eigenvalue weighted by molar-refractivity contribution is 5.89. The number of esters is 1. The number of aromatic nitrogens is 4. The molecular formula is C12H10N4O2. The van der Waals surface area contributed by atoms with E-state index in [1.54, 1.807) is 25.5 Å². The molecule has 2 aromatic heterocycles. The molecule has 0 atom stereocenters. The van der Waals surface area contributed by atoms with Gasteiger partial charge in [0.15, 0.2) is 5.69 Å². The lowest BCUT2D eigenvalue weighted by atomic mass is 10.2. The molecular weight excluding hydrogens is 232 g/mol. The van der Waals surface area contributed by atoms with Gasteiger partial charge in [0, 0.05) is 25.0 Å². The summed E-state index contributed by atoms with van der Waals surface area (Å²) in [7, 11) is 3.03. The molecule has 0 bridgehead atoms. The second kappa shape index (κ2) is 5.10. The van der Waals surface area contributed by atoms with Gasteiger partial charge in [0.05, 0.1) is 18.9 Å². The monoisotopic (exact) mass is 242 g/mol. The van der Waals surface area contributed by atoms with E-state index in [4.69, 9.17) is 0 Å². The zero-order valence-electron chi connectivity index (χ0n) is 9.91. The van der Waals surface area contributed by atoms with Gasteiger partial charge in [-0.1, -0.05) is 5.92 Å². The van der Waals surface area contributed by atoms with Gasteiger partial charge in [-0.2, -0.15) is 9.90 Å². The average Bonchev–Trinajstić information content (AvgIpc) is 2.81. The number of carbonyl (C=O) groups excluding carboxylic acids is 1. The quantitative estimate of drug-likeness (QED) is 0.534. The van der Waals surface area contributed by atoms with Crippen LogP contribution in [0.2, 0.25) is 0 Å². The zero-order chi connectivity index (χ0) is 13.0. The van der Waals surface area contributed by atoms with Gasteiger partial charge in [-0.25, -0.2) is 4.79 Å². The van der Waals surface area contributed by atoms with Crippen LogP contribution in [0.1, 0.15) is 21.6 Å². The van der Waals surface area contributed by atoms with Crippen LogP contribution in [0.25, 0.3) is 0 Å². The summed E-state index contributed by atoms with van der Waals surface area (Å²) >= 11 is 0. The lowest BCUT2D eigenvalue weighted by molar-refractivity contribution is 0.0600. The molecule has 2 aromatic rings. The molecule has 0 saturated carbocycles. The van der Waals surface area contributed by atoms with E-state index in [0.717, 1.165) is 0 Å². The van der Waals surface area contributed by atoms with Crippen molar-refractivity contribution < 1.29 is 9.53 Å². The summed E-state index contributed by atoms with van der Waals surface area (Å²) in [4.78, 5) is 16.7. The Morgan fingerprint density at radius 2 is 2.17 bits per heavy atom. The van der Waals surface area contributed by atoms with Gasteiger partial charge in [0.1, 0.15) is 0 Å². The first-order valence-corrected chi connectivity index (χ1v) is 5.11. The Kier molecular flexibility index (Phi) is 3.34. The molecule has 0 aromatic carbocycles. The molecule has 0 saturated heterocycles. The van der Waals surface area contributed by atoms with E-state index in [2.05, 4.69) is 31.8 Å². The summed E-state index contributed by atoms with van der Waals surface area (Å²) in [6.07, 6.45) is 4.56. The van der Waals surface area contributed by atoms with Crippen LogP contribution in [0.5, 0.6) is 0 Å². The molecule has 6 heteroatoms. The van der Waals surface area contributed by atoms with E-state index >= 15 is 0 Å². The van der Waals surface area contributed by atoms with Crippen LogP contribution in [0.4, 0.5) is 0 Å². The summed E-state index contributed by atoms with van der Waals surface area (Å²) in [5, 5.41) is 7.92. The number of aryl methyl sites for hydroxylation is 1. The van der Waals surface area contributed by atoms with E-state index in [-0.39, 0.29) is 0 Å². The van der Waals surface area contributed by atoms with Gasteiger partial charge in [-0.15, -0.1) is 5.10 Å². The molecule has 0 unspecified atom stereocenters. The first kappa shape index (κ1) is 11.8. The van der Waals surface area contributed by atoms with Gasteiger partial charge in [0.25, 0.3) is 0 Å². The molecule has 0 aliphatic rings. The second-order valence-electron chi connectivity index (χ2n) is 3.42. The molecule has 6 nitrogen and oxygen atoms in total. The molecule has 0 aliphatic carbocycles. The molecule has 90 valence electrons. The molecule has 2 heterocycles. The van der Waals surface area contributed by atoms with Crippen molar-refractivity contribution in [3.8, 4) is 11.8 Å². The molecule has 0 N–H and O–H groups in total. The predicted molar refractivity (Wildman–Crippen MR) is 62.6 cm³/mol. The van der Waals surface area contributed by atoms with Crippen LogP contribution < -0.4 is 0 Å². The van der Waals surface area contributed by atoms with Crippen molar-refractivity contribution in [2.24, 2.45) is 7.05 Å². The second-order valence-corrected chi connectivity index (χ2v) is 3.42. The van der Waals surface area contributed by atoms with Crippen molar-refractivity contribution in [2.75, 3.05) is 7.11 Å². The molecule has 0 radical (unpaired) electrons. The van der Waals surface area contributed by atoms with E-state index in [0.29, 0.717) is 16.8 Å². The van der Waals surface area contributed by atoms with Crippen LogP contribution in [0, 0.1) is 11.8 Å². The molecule has 0 aliphatic heterocycles. The standard InChI is InChI=1S/C12H10N4O2/c1-16-14-8-11(15-16)4-3-9-5-10(7-13-6-9)12(17)18-2/h5-8H,1-2H3. The highest BCUT2D eigenvalue weighted by Crippen LogP contribution is 2.03. The van der Waals surface area contributed by atoms with Gasteiger partial charge >= 0.3 is 5.97 Å². The van der Waals surface area contributed by atoms with Crippen molar-refractivity contribution in [1.29, 1.82) is 0 Å². The third-order valence-electron chi connectivity index (χ3n) is 2.09.